The number of nitrogens with one attached hydrogen (secondary N) is 2. The van der Waals surface area contributed by atoms with Gasteiger partial charge < -0.3 is 35.4 Å². The van der Waals surface area contributed by atoms with Crippen molar-refractivity contribution < 1.29 is 34.2 Å². The fourth-order valence-corrected chi connectivity index (χ4v) is 10.2. The number of aliphatic hydroxyl groups is 2. The van der Waals surface area contributed by atoms with Gasteiger partial charge in [-0.15, -0.1) is 0 Å². The number of fused-ring (bicyclic) bond motifs is 2. The Bertz CT molecular complexity index is 1950. The molecule has 2 heterocycles. The van der Waals surface area contributed by atoms with Crippen molar-refractivity contribution in [3.05, 3.63) is 77.9 Å². The first kappa shape index (κ1) is 40.7. The van der Waals surface area contributed by atoms with E-state index >= 15 is 0 Å². The zero-order chi connectivity index (χ0) is 40.8. The summed E-state index contributed by atoms with van der Waals surface area (Å²) < 4.78 is 6.10. The van der Waals surface area contributed by atoms with E-state index in [-0.39, 0.29) is 42.3 Å². The number of hydrogen-bond donors (Lipinski definition) is 4. The molecule has 9 atom stereocenters. The molecule has 3 saturated carbocycles. The van der Waals surface area contributed by atoms with E-state index in [1.807, 2.05) is 85.7 Å². The van der Waals surface area contributed by atoms with Crippen LogP contribution in [0.25, 0.3) is 11.1 Å². The highest BCUT2D eigenvalue weighted by atomic mass is 16.7. The topological polar surface area (TPSA) is 144 Å². The molecule has 0 unspecified atom stereocenters. The van der Waals surface area contributed by atoms with Crippen molar-refractivity contribution in [2.75, 3.05) is 44.6 Å². The molecule has 306 valence electrons. The van der Waals surface area contributed by atoms with Crippen LogP contribution in [-0.2, 0) is 21.0 Å². The van der Waals surface area contributed by atoms with Gasteiger partial charge in [-0.2, -0.15) is 5.06 Å². The van der Waals surface area contributed by atoms with Crippen LogP contribution in [0.4, 0.5) is 11.4 Å². The van der Waals surface area contributed by atoms with E-state index in [1.54, 1.807) is 24.0 Å². The van der Waals surface area contributed by atoms with Gasteiger partial charge in [0.1, 0.15) is 23.9 Å². The molecule has 12 heteroatoms. The van der Waals surface area contributed by atoms with Crippen LogP contribution in [0, 0.1) is 29.1 Å². The van der Waals surface area contributed by atoms with Crippen LogP contribution in [0.2, 0.25) is 0 Å². The summed E-state index contributed by atoms with van der Waals surface area (Å²) >= 11 is 0. The Morgan fingerprint density at radius 1 is 1.04 bits per heavy atom. The van der Waals surface area contributed by atoms with Crippen molar-refractivity contribution in [2.45, 2.75) is 90.3 Å². The summed E-state index contributed by atoms with van der Waals surface area (Å²) in [6, 6.07) is 19.2. The third-order valence-corrected chi connectivity index (χ3v) is 13.5. The predicted molar refractivity (Wildman–Crippen MR) is 219 cm³/mol. The molecule has 57 heavy (non-hydrogen) atoms. The second kappa shape index (κ2) is 16.4. The zero-order valence-corrected chi connectivity index (χ0v) is 34.3. The third-order valence-electron chi connectivity index (χ3n) is 13.5. The smallest absolute Gasteiger partial charge is 0.254 e. The molecule has 3 aromatic rings. The van der Waals surface area contributed by atoms with Gasteiger partial charge in [0.2, 0.25) is 11.8 Å². The highest BCUT2D eigenvalue weighted by molar-refractivity contribution is 6.02. The molecule has 0 spiro atoms. The lowest BCUT2D eigenvalue weighted by atomic mass is 9.45. The Morgan fingerprint density at radius 3 is 2.44 bits per heavy atom. The molecule has 2 bridgehead atoms. The normalized spacial score (nSPS) is 28.3. The average Bonchev–Trinajstić information content (AvgIpc) is 3.84. The molecule has 3 aliphatic carbocycles. The second-order valence-corrected chi connectivity index (χ2v) is 17.4. The lowest BCUT2D eigenvalue weighted by molar-refractivity contribution is -0.183. The van der Waals surface area contributed by atoms with E-state index in [4.69, 9.17) is 9.57 Å². The molecule has 5 fully saturated rings. The molecule has 0 radical (unpaired) electrons. The number of hydrogen-bond acceptors (Lipinski definition) is 9. The quantitative estimate of drug-likeness (QED) is 0.192. The molecule has 0 aromatic heterocycles. The number of benzene rings is 3. The standard InChI is InChI=1S/C45H59N5O7/c1-26-35-22-31(45(35,3)4)23-36(26)47-43(54)40-39(27(2)52)38(25-51)57-50(40)24-28-13-11-16-34(41(28)56-7)29-19-30(21-33(20-29)48(5)6)44(55)49-18-12-17-37(49)42(53)46-32-14-9-8-10-15-32/h8-11,13-16,19-21,26-27,31,35-40,51-52H,12,17-18,22-25H2,1-7H3,(H,46,53)(H,47,54)/t26-,27-,31+,35-,36-,37-,38-,39+,40-/m0/s1. The number of carbonyl (C=O) groups excluding carboxylic acids is 3. The van der Waals surface area contributed by atoms with E-state index in [0.29, 0.717) is 47.7 Å². The SMILES string of the molecule is COc1c(CN2O[C@@H](CO)[C@@H]([C@H](C)O)[C@H]2C(=O)N[C@H]2C[C@H]3C[C@@H]([C@@H]2C)C3(C)C)cccc1-c1cc(C(=O)N2CCC[C@H]2C(=O)Nc2ccccc2)cc(N(C)C)c1. The van der Waals surface area contributed by atoms with Gasteiger partial charge in [0.15, 0.2) is 0 Å². The number of ether oxygens (including phenoxy) is 1. The molecule has 3 amide bonds. The summed E-state index contributed by atoms with van der Waals surface area (Å²) in [5.41, 5.74) is 4.41. The van der Waals surface area contributed by atoms with E-state index < -0.39 is 30.2 Å². The number of likely N-dealkylation sites (tertiary alicyclic amines) is 1. The van der Waals surface area contributed by atoms with E-state index in [2.05, 4.69) is 31.4 Å². The fraction of sp³-hybridized carbons (Fsp3) is 0.533. The summed E-state index contributed by atoms with van der Waals surface area (Å²) in [4.78, 5) is 51.9. The number of rotatable bonds is 12. The molecule has 2 aliphatic heterocycles. The van der Waals surface area contributed by atoms with E-state index in [9.17, 15) is 24.6 Å². The third kappa shape index (κ3) is 7.77. The Labute approximate surface area is 336 Å². The van der Waals surface area contributed by atoms with Crippen molar-refractivity contribution in [1.29, 1.82) is 0 Å². The maximum atomic E-state index is 14.3. The van der Waals surface area contributed by atoms with Crippen LogP contribution in [0.1, 0.15) is 69.3 Å². The lowest BCUT2D eigenvalue weighted by Gasteiger charge is -2.62. The lowest BCUT2D eigenvalue weighted by Crippen LogP contribution is -2.62. The Balaban J connectivity index is 1.16. The number of amides is 3. The monoisotopic (exact) mass is 781 g/mol. The number of anilines is 2. The van der Waals surface area contributed by atoms with Crippen LogP contribution >= 0.6 is 0 Å². The maximum Gasteiger partial charge on any atom is 0.254 e. The number of aliphatic hydroxyl groups excluding tert-OH is 2. The second-order valence-electron chi connectivity index (χ2n) is 17.4. The molecule has 8 rings (SSSR count). The van der Waals surface area contributed by atoms with Crippen molar-refractivity contribution in [3.63, 3.8) is 0 Å². The van der Waals surface area contributed by atoms with E-state index in [1.165, 1.54) is 6.42 Å². The largest absolute Gasteiger partial charge is 0.496 e. The maximum absolute atomic E-state index is 14.3. The van der Waals surface area contributed by atoms with E-state index in [0.717, 1.165) is 35.2 Å². The Hall–Kier alpha value is -4.49. The number of carbonyl (C=O) groups is 3. The number of hydroxylamine groups is 2. The first-order chi connectivity index (χ1) is 27.2. The highest BCUT2D eigenvalue weighted by Crippen LogP contribution is 2.61. The van der Waals surface area contributed by atoms with Crippen molar-refractivity contribution in [1.82, 2.24) is 15.3 Å². The minimum atomic E-state index is -0.920. The first-order valence-electron chi connectivity index (χ1n) is 20.4. The van der Waals surface area contributed by atoms with Crippen molar-refractivity contribution in [3.8, 4) is 16.9 Å². The minimum absolute atomic E-state index is 0.0202. The molecular weight excluding hydrogens is 723 g/mol. The van der Waals surface area contributed by atoms with Crippen molar-refractivity contribution >= 4 is 29.1 Å². The summed E-state index contributed by atoms with van der Waals surface area (Å²) in [6.45, 7) is 8.78. The minimum Gasteiger partial charge on any atom is -0.496 e. The van der Waals surface area contributed by atoms with Gasteiger partial charge in [-0.05, 0) is 91.7 Å². The molecule has 4 N–H and O–H groups in total. The Morgan fingerprint density at radius 2 is 1.79 bits per heavy atom. The molecule has 5 aliphatic rings. The van der Waals surface area contributed by atoms with Crippen LogP contribution < -0.4 is 20.3 Å². The van der Waals surface area contributed by atoms with Gasteiger partial charge in [0.25, 0.3) is 5.91 Å². The van der Waals surface area contributed by atoms with Crippen LogP contribution in [-0.4, -0.2) is 103 Å². The van der Waals surface area contributed by atoms with Gasteiger partial charge in [-0.1, -0.05) is 57.2 Å². The highest BCUT2D eigenvalue weighted by Gasteiger charge is 2.57. The summed E-state index contributed by atoms with van der Waals surface area (Å²) in [5.74, 6) is 0.634. The molecule has 12 nitrogen and oxygen atoms in total. The van der Waals surface area contributed by atoms with Gasteiger partial charge in [-0.3, -0.25) is 19.2 Å². The predicted octanol–water partition coefficient (Wildman–Crippen LogP) is 5.33. The first-order valence-corrected chi connectivity index (χ1v) is 20.4. The molecular formula is C45H59N5O7. The van der Waals surface area contributed by atoms with Gasteiger partial charge >= 0.3 is 0 Å². The summed E-state index contributed by atoms with van der Waals surface area (Å²) in [7, 11) is 5.42. The zero-order valence-electron chi connectivity index (χ0n) is 34.3. The van der Waals surface area contributed by atoms with Gasteiger partial charge in [0, 0.05) is 60.7 Å². The van der Waals surface area contributed by atoms with Crippen LogP contribution in [0.15, 0.2) is 66.7 Å². The molecule has 3 aromatic carbocycles. The fourth-order valence-electron chi connectivity index (χ4n) is 10.2. The van der Waals surface area contributed by atoms with Gasteiger partial charge in [-0.25, -0.2) is 0 Å². The summed E-state index contributed by atoms with van der Waals surface area (Å²) in [6.07, 6.45) is 1.70. The summed E-state index contributed by atoms with van der Waals surface area (Å²) in [5, 5.41) is 29.3. The molecule has 2 saturated heterocycles. The van der Waals surface area contributed by atoms with Crippen LogP contribution in [0.3, 0.4) is 0 Å². The van der Waals surface area contributed by atoms with Gasteiger partial charge in [0.05, 0.1) is 26.4 Å². The Kier molecular flexibility index (Phi) is 11.7. The van der Waals surface area contributed by atoms with Crippen molar-refractivity contribution in [2.24, 2.45) is 29.1 Å². The average molecular weight is 782 g/mol. The number of methoxy groups -OCH3 is 1. The number of para-hydroxylation sites is 2. The number of nitrogens with zero attached hydrogens (tertiary/aromatic N) is 3. The van der Waals surface area contributed by atoms with Crippen LogP contribution in [0.5, 0.6) is 5.75 Å².